The molecule has 2 N–H and O–H groups in total. The highest BCUT2D eigenvalue weighted by Gasteiger charge is 2.43. The molecule has 0 aliphatic carbocycles. The van der Waals surface area contributed by atoms with Crippen LogP contribution in [-0.2, 0) is 28.5 Å². The summed E-state index contributed by atoms with van der Waals surface area (Å²) in [5, 5.41) is 19.4. The van der Waals surface area contributed by atoms with Crippen LogP contribution in [0, 0.1) is 10.8 Å². The second kappa shape index (κ2) is 14.7. The van der Waals surface area contributed by atoms with Crippen LogP contribution in [-0.4, -0.2) is 84.8 Å². The minimum Gasteiger partial charge on any atom is -0.478 e. The first-order valence-electron chi connectivity index (χ1n) is 13.4. The van der Waals surface area contributed by atoms with Crippen molar-refractivity contribution in [2.24, 2.45) is 10.8 Å². The minimum atomic E-state index is -5.24. The fourth-order valence-electron chi connectivity index (χ4n) is 3.60. The van der Waals surface area contributed by atoms with Crippen molar-refractivity contribution in [2.45, 2.75) is 40.0 Å². The third-order valence-electron chi connectivity index (χ3n) is 6.11. The standard InChI is InChI=1S/C30H28F6O12/c1-27(2,13-47-25(43)29(31,32)33)11-45-23(41)17-7-5-15(9-19(17)21(37)38)16-6-8-18(20(10-16)22(39)40)24(42)46-12-28(3,4)14-48-26(44)30(34,35)36/h5-10H,11-14H2,1-4H3,(H,37,38)(H,39,40). The number of aromatic carboxylic acids is 2. The maximum Gasteiger partial charge on any atom is 0.490 e. The van der Waals surface area contributed by atoms with E-state index in [1.54, 1.807) is 0 Å². The van der Waals surface area contributed by atoms with Crippen LogP contribution >= 0.6 is 0 Å². The summed E-state index contributed by atoms with van der Waals surface area (Å²) in [7, 11) is 0. The summed E-state index contributed by atoms with van der Waals surface area (Å²) in [5.74, 6) is -10.5. The summed E-state index contributed by atoms with van der Waals surface area (Å²) in [4.78, 5) is 71.3. The molecule has 0 heterocycles. The molecule has 0 amide bonds. The van der Waals surface area contributed by atoms with Crippen LogP contribution in [0.4, 0.5) is 26.3 Å². The van der Waals surface area contributed by atoms with Crippen molar-refractivity contribution in [2.75, 3.05) is 26.4 Å². The quantitative estimate of drug-likeness (QED) is 0.157. The van der Waals surface area contributed by atoms with Crippen molar-refractivity contribution >= 4 is 35.8 Å². The predicted molar refractivity (Wildman–Crippen MR) is 148 cm³/mol. The Labute approximate surface area is 267 Å². The van der Waals surface area contributed by atoms with Crippen LogP contribution in [0.2, 0.25) is 0 Å². The molecular formula is C30H28F6O12. The molecule has 18 heteroatoms. The number of carboxylic acids is 2. The molecule has 0 fully saturated rings. The molecule has 2 rings (SSSR count). The maximum absolute atomic E-state index is 12.7. The lowest BCUT2D eigenvalue weighted by atomic mass is 9.95. The van der Waals surface area contributed by atoms with Crippen molar-refractivity contribution in [1.82, 2.24) is 0 Å². The zero-order chi connectivity index (χ0) is 36.8. The topological polar surface area (TPSA) is 180 Å². The molecule has 0 radical (unpaired) electrons. The summed E-state index contributed by atoms with van der Waals surface area (Å²) in [6.07, 6.45) is -10.5. The van der Waals surface area contributed by atoms with Gasteiger partial charge in [-0.1, -0.05) is 39.8 Å². The largest absolute Gasteiger partial charge is 0.490 e. The Kier molecular flexibility index (Phi) is 12.0. The van der Waals surface area contributed by atoms with Crippen LogP contribution in [0.5, 0.6) is 0 Å². The molecule has 2 aromatic carbocycles. The van der Waals surface area contributed by atoms with Gasteiger partial charge < -0.3 is 29.2 Å². The van der Waals surface area contributed by atoms with Gasteiger partial charge in [0.25, 0.3) is 0 Å². The molecule has 2 aromatic rings. The van der Waals surface area contributed by atoms with Crippen molar-refractivity contribution in [1.29, 1.82) is 0 Å². The van der Waals surface area contributed by atoms with Crippen molar-refractivity contribution in [3.8, 4) is 11.1 Å². The van der Waals surface area contributed by atoms with Crippen molar-refractivity contribution in [3.05, 3.63) is 58.7 Å². The summed E-state index contributed by atoms with van der Waals surface area (Å²) in [6.45, 7) is 2.56. The van der Waals surface area contributed by atoms with Gasteiger partial charge in [0.1, 0.15) is 0 Å². The van der Waals surface area contributed by atoms with E-state index in [4.69, 9.17) is 9.47 Å². The number of carboxylic acid groups (broad SMARTS) is 2. The molecule has 0 saturated heterocycles. The summed E-state index contributed by atoms with van der Waals surface area (Å²) < 4.78 is 92.8. The number of hydrogen-bond donors (Lipinski definition) is 2. The van der Waals surface area contributed by atoms with Gasteiger partial charge in [-0.15, -0.1) is 0 Å². The van der Waals surface area contributed by atoms with E-state index in [-0.39, 0.29) is 11.1 Å². The van der Waals surface area contributed by atoms with Gasteiger partial charge in [-0.2, -0.15) is 26.3 Å². The van der Waals surface area contributed by atoms with Gasteiger partial charge in [-0.05, 0) is 35.4 Å². The Morgan fingerprint density at radius 3 is 1.08 bits per heavy atom. The molecule has 0 aromatic heterocycles. The summed E-state index contributed by atoms with van der Waals surface area (Å²) in [6, 6.07) is 6.52. The number of esters is 4. The molecule has 262 valence electrons. The molecule has 0 unspecified atom stereocenters. The molecule has 0 atom stereocenters. The molecule has 0 spiro atoms. The molecule has 0 bridgehead atoms. The Balaban J connectivity index is 2.24. The zero-order valence-electron chi connectivity index (χ0n) is 25.5. The minimum absolute atomic E-state index is 0.0679. The molecule has 0 aliphatic heterocycles. The van der Waals surface area contributed by atoms with Gasteiger partial charge >= 0.3 is 48.2 Å². The van der Waals surface area contributed by atoms with Crippen LogP contribution < -0.4 is 0 Å². The smallest absolute Gasteiger partial charge is 0.478 e. The van der Waals surface area contributed by atoms with E-state index in [0.717, 1.165) is 24.3 Å². The molecular weight excluding hydrogens is 666 g/mol. The lowest BCUT2D eigenvalue weighted by molar-refractivity contribution is -0.202. The maximum atomic E-state index is 12.7. The third kappa shape index (κ3) is 11.0. The molecule has 48 heavy (non-hydrogen) atoms. The zero-order valence-corrected chi connectivity index (χ0v) is 25.5. The number of rotatable bonds is 13. The number of benzene rings is 2. The van der Waals surface area contributed by atoms with E-state index in [1.165, 1.54) is 39.8 Å². The Hall–Kier alpha value is -5.16. The highest BCUT2D eigenvalue weighted by Crippen LogP contribution is 2.28. The monoisotopic (exact) mass is 694 g/mol. The van der Waals surface area contributed by atoms with Gasteiger partial charge in [0, 0.05) is 10.8 Å². The predicted octanol–water partition coefficient (Wildman–Crippen LogP) is 5.33. The van der Waals surface area contributed by atoms with Gasteiger partial charge in [0.15, 0.2) is 0 Å². The summed E-state index contributed by atoms with van der Waals surface area (Å²) in [5.41, 5.74) is -4.62. The molecule has 0 saturated carbocycles. The van der Waals surface area contributed by atoms with Crippen LogP contribution in [0.15, 0.2) is 36.4 Å². The second-order valence-corrected chi connectivity index (χ2v) is 11.8. The van der Waals surface area contributed by atoms with Crippen molar-refractivity contribution in [3.63, 3.8) is 0 Å². The van der Waals surface area contributed by atoms with Crippen LogP contribution in [0.25, 0.3) is 11.1 Å². The Morgan fingerprint density at radius 1 is 0.521 bits per heavy atom. The number of ether oxygens (including phenoxy) is 4. The fourth-order valence-corrected chi connectivity index (χ4v) is 3.60. The molecule has 12 nitrogen and oxygen atoms in total. The fraction of sp³-hybridized carbons (Fsp3) is 0.400. The van der Waals surface area contributed by atoms with E-state index in [9.17, 15) is 65.3 Å². The average Bonchev–Trinajstić information content (AvgIpc) is 2.98. The highest BCUT2D eigenvalue weighted by molar-refractivity contribution is 6.05. The Morgan fingerprint density at radius 2 is 0.812 bits per heavy atom. The lowest BCUT2D eigenvalue weighted by Gasteiger charge is -2.24. The summed E-state index contributed by atoms with van der Waals surface area (Å²) >= 11 is 0. The number of halogens is 6. The van der Waals surface area contributed by atoms with Crippen LogP contribution in [0.3, 0.4) is 0 Å². The lowest BCUT2D eigenvalue weighted by Crippen LogP contribution is -2.33. The van der Waals surface area contributed by atoms with Gasteiger partial charge in [-0.25, -0.2) is 28.8 Å². The van der Waals surface area contributed by atoms with E-state index in [1.807, 2.05) is 0 Å². The van der Waals surface area contributed by atoms with Gasteiger partial charge in [0.05, 0.1) is 48.7 Å². The second-order valence-electron chi connectivity index (χ2n) is 11.8. The van der Waals surface area contributed by atoms with Crippen molar-refractivity contribution < 1.29 is 84.3 Å². The van der Waals surface area contributed by atoms with E-state index >= 15 is 0 Å². The van der Waals surface area contributed by atoms with Gasteiger partial charge in [0.2, 0.25) is 0 Å². The van der Waals surface area contributed by atoms with Crippen LogP contribution in [0.1, 0.15) is 69.1 Å². The van der Waals surface area contributed by atoms with E-state index < -0.39 is 108 Å². The first kappa shape index (κ1) is 39.0. The van der Waals surface area contributed by atoms with E-state index in [2.05, 4.69) is 9.47 Å². The number of alkyl halides is 6. The van der Waals surface area contributed by atoms with E-state index in [0.29, 0.717) is 0 Å². The first-order valence-corrected chi connectivity index (χ1v) is 13.4. The third-order valence-corrected chi connectivity index (χ3v) is 6.11. The molecule has 0 aliphatic rings. The number of hydrogen-bond acceptors (Lipinski definition) is 10. The van der Waals surface area contributed by atoms with Gasteiger partial charge in [-0.3, -0.25) is 0 Å². The highest BCUT2D eigenvalue weighted by atomic mass is 19.4. The SMILES string of the molecule is CC(C)(COC(=O)c1ccc(-c2ccc(C(=O)OCC(C)(C)COC(=O)C(F)(F)F)c(C(=O)O)c2)cc1C(=O)O)COC(=O)C(F)(F)F. The number of carbonyl (C=O) groups is 6. The number of carbonyl (C=O) groups excluding carboxylic acids is 4. The normalized spacial score (nSPS) is 12.1. The first-order chi connectivity index (χ1) is 21.8. The Bertz CT molecular complexity index is 1470. The average molecular weight is 695 g/mol.